The lowest BCUT2D eigenvalue weighted by Crippen LogP contribution is -2.41. The van der Waals surface area contributed by atoms with E-state index in [0.717, 1.165) is 56.9 Å². The van der Waals surface area contributed by atoms with Gasteiger partial charge in [-0.25, -0.2) is 19.3 Å². The van der Waals surface area contributed by atoms with E-state index in [2.05, 4.69) is 85.9 Å². The average Bonchev–Trinajstić information content (AvgIpc) is 3.91. The van der Waals surface area contributed by atoms with Gasteiger partial charge in [-0.3, -0.25) is 29.8 Å². The number of aromatic amines is 2. The van der Waals surface area contributed by atoms with Crippen LogP contribution in [-0.2, 0) is 9.31 Å². The van der Waals surface area contributed by atoms with Crippen molar-refractivity contribution in [1.29, 1.82) is 0 Å². The summed E-state index contributed by atoms with van der Waals surface area (Å²) in [5.41, 5.74) is 2.44. The van der Waals surface area contributed by atoms with Gasteiger partial charge in [0, 0.05) is 34.6 Å². The zero-order valence-electron chi connectivity index (χ0n) is 34.2. The Morgan fingerprint density at radius 3 is 1.69 bits per heavy atom. The number of nitro groups is 2. The number of nitrogens with zero attached hydrogens (tertiary/aromatic N) is 8. The first kappa shape index (κ1) is 43.0. The topological polar surface area (TPSA) is 232 Å². The highest BCUT2D eigenvalue weighted by Crippen LogP contribution is 2.36. The summed E-state index contributed by atoms with van der Waals surface area (Å²) in [4.78, 5) is 57.2. The molecular weight excluding hydrogens is 863 g/mol. The summed E-state index contributed by atoms with van der Waals surface area (Å²) in [6.45, 7) is 12.1. The van der Waals surface area contributed by atoms with Crippen LogP contribution in [-0.4, -0.2) is 67.7 Å². The van der Waals surface area contributed by atoms with Crippen molar-refractivity contribution in [1.82, 2.24) is 39.5 Å². The first-order chi connectivity index (χ1) is 29.4. The van der Waals surface area contributed by atoms with Crippen LogP contribution in [0.2, 0.25) is 0 Å². The Labute approximate surface area is 361 Å². The molecular formula is C42H38BBrN10O8. The maximum Gasteiger partial charge on any atom is 0.494 e. The Kier molecular flexibility index (Phi) is 11.8. The molecule has 1 saturated heterocycles. The fourth-order valence-corrected chi connectivity index (χ4v) is 6.75. The van der Waals surface area contributed by atoms with Crippen molar-refractivity contribution >= 4 is 61.7 Å². The summed E-state index contributed by atoms with van der Waals surface area (Å²) in [5.74, 6) is 1.46. The molecule has 0 unspecified atom stereocenters. The van der Waals surface area contributed by atoms with E-state index >= 15 is 0 Å². The van der Waals surface area contributed by atoms with E-state index in [-0.39, 0.29) is 28.4 Å². The molecule has 6 aromatic heterocycles. The van der Waals surface area contributed by atoms with Gasteiger partial charge in [0.25, 0.3) is 10.9 Å². The van der Waals surface area contributed by atoms with Crippen molar-refractivity contribution in [2.75, 3.05) is 0 Å². The second-order valence-electron chi connectivity index (χ2n) is 15.2. The second-order valence-corrected chi connectivity index (χ2v) is 16.0. The average molecular weight is 902 g/mol. The van der Waals surface area contributed by atoms with Gasteiger partial charge in [-0.1, -0.05) is 36.4 Å². The molecule has 2 aromatic carbocycles. The van der Waals surface area contributed by atoms with Crippen molar-refractivity contribution in [2.45, 2.75) is 52.7 Å². The summed E-state index contributed by atoms with van der Waals surface area (Å²) < 4.78 is 16.0. The number of fused-ring (bicyclic) bond motifs is 2. The van der Waals surface area contributed by atoms with Crippen LogP contribution in [0.5, 0.6) is 0 Å². The van der Waals surface area contributed by atoms with Crippen LogP contribution in [0.15, 0.2) is 124 Å². The molecule has 18 nitrogen and oxygen atoms in total. The van der Waals surface area contributed by atoms with E-state index in [9.17, 15) is 29.8 Å². The van der Waals surface area contributed by atoms with Crippen molar-refractivity contribution in [3.8, 4) is 22.8 Å². The van der Waals surface area contributed by atoms with Crippen LogP contribution in [0.25, 0.3) is 44.6 Å². The van der Waals surface area contributed by atoms with Gasteiger partial charge in [0.05, 0.1) is 66.9 Å². The van der Waals surface area contributed by atoms with Crippen LogP contribution in [0.4, 0.5) is 11.4 Å². The van der Waals surface area contributed by atoms with Crippen molar-refractivity contribution in [3.63, 3.8) is 0 Å². The van der Waals surface area contributed by atoms with Gasteiger partial charge in [0.1, 0.15) is 0 Å². The van der Waals surface area contributed by atoms with Crippen LogP contribution >= 0.6 is 15.9 Å². The number of aryl methyl sites for hydroxylation is 2. The SMILES string of the molecule is Cc1cccc(-n2ncc3ccc(-c4c[nH]cc([N+](=O)[O-])c4=O)cc32)n1.Cc1cccc(-n2ncc3ccc(B4OC(C)(C)C(C)(C)O4)cc32)n1.O=c1c(Br)c[nH]cc1[N+](=O)[O-]. The predicted molar refractivity (Wildman–Crippen MR) is 237 cm³/mol. The number of hydrogen-bond acceptors (Lipinski definition) is 12. The molecule has 0 atom stereocenters. The fourth-order valence-electron chi connectivity index (χ4n) is 6.41. The first-order valence-electron chi connectivity index (χ1n) is 19.0. The number of nitrogens with one attached hydrogen (secondary N) is 2. The lowest BCUT2D eigenvalue weighted by atomic mass is 9.79. The predicted octanol–water partition coefficient (Wildman–Crippen LogP) is 7.07. The largest absolute Gasteiger partial charge is 0.494 e. The third-order valence-electron chi connectivity index (χ3n) is 10.4. The third kappa shape index (κ3) is 8.69. The number of H-pyrrole nitrogens is 2. The Hall–Kier alpha value is -7.16. The van der Waals surface area contributed by atoms with Gasteiger partial charge in [-0.15, -0.1) is 0 Å². The molecule has 7 heterocycles. The number of pyridine rings is 4. The van der Waals surface area contributed by atoms with Gasteiger partial charge in [0.15, 0.2) is 11.6 Å². The minimum absolute atomic E-state index is 0.159. The molecule has 0 radical (unpaired) electrons. The Bertz CT molecular complexity index is 3110. The van der Waals surface area contributed by atoms with Crippen molar-refractivity contribution in [3.05, 3.63) is 167 Å². The molecule has 2 N–H and O–H groups in total. The Balaban J connectivity index is 0.000000151. The number of benzene rings is 2. The van der Waals surface area contributed by atoms with Crippen LogP contribution in [0.1, 0.15) is 39.1 Å². The normalized spacial score (nSPS) is 13.9. The van der Waals surface area contributed by atoms with E-state index in [4.69, 9.17) is 9.31 Å². The van der Waals surface area contributed by atoms with E-state index < -0.39 is 32.1 Å². The highest BCUT2D eigenvalue weighted by atomic mass is 79.9. The molecule has 314 valence electrons. The first-order valence-corrected chi connectivity index (χ1v) is 19.8. The standard InChI is InChI=1S/C19H22BN3O2.C18H13N5O3.C5H3BrN2O3/c1-13-7-6-8-17(22-13)23-16-11-15(10-9-14(16)12-21-23)20-24-18(2,3)19(4,5)25-20;1-11-3-2-4-17(21-11)22-15-7-12(5-6-13(15)8-20-22)14-9-19-10-16(18(14)24)23(25)26;6-3-1-7-2-4(5(3)9)8(10)11/h6-12H,1-5H3;2-10H,1H3,(H,19,24);1-2H,(H,7,9). The molecule has 0 bridgehead atoms. The second kappa shape index (κ2) is 17.1. The number of hydrogen-bond donors (Lipinski definition) is 2. The van der Waals surface area contributed by atoms with Gasteiger partial charge in [-0.2, -0.15) is 10.2 Å². The van der Waals surface area contributed by atoms with Gasteiger partial charge >= 0.3 is 18.5 Å². The molecule has 20 heteroatoms. The smallest absolute Gasteiger partial charge is 0.399 e. The number of halogens is 1. The Morgan fingerprint density at radius 2 is 1.18 bits per heavy atom. The summed E-state index contributed by atoms with van der Waals surface area (Å²) in [7, 11) is -0.386. The molecule has 0 aliphatic carbocycles. The van der Waals surface area contributed by atoms with E-state index in [1.54, 1.807) is 23.0 Å². The molecule has 1 aliphatic heterocycles. The summed E-state index contributed by atoms with van der Waals surface area (Å²) in [6.07, 6.45) is 8.50. The molecule has 9 rings (SSSR count). The van der Waals surface area contributed by atoms with Crippen LogP contribution in [0.3, 0.4) is 0 Å². The lowest BCUT2D eigenvalue weighted by Gasteiger charge is -2.32. The minimum atomic E-state index is -0.733. The van der Waals surface area contributed by atoms with Crippen LogP contribution in [0, 0.1) is 34.1 Å². The van der Waals surface area contributed by atoms with E-state index in [1.165, 1.54) is 12.4 Å². The van der Waals surface area contributed by atoms with Gasteiger partial charge in [0.2, 0.25) is 0 Å². The van der Waals surface area contributed by atoms with E-state index in [0.29, 0.717) is 11.4 Å². The molecule has 0 saturated carbocycles. The van der Waals surface area contributed by atoms with Gasteiger partial charge in [-0.05, 0) is 105 Å². The number of aromatic nitrogens is 8. The molecule has 62 heavy (non-hydrogen) atoms. The highest BCUT2D eigenvalue weighted by Gasteiger charge is 2.51. The summed E-state index contributed by atoms with van der Waals surface area (Å²) in [6, 6.07) is 23.1. The summed E-state index contributed by atoms with van der Waals surface area (Å²) in [5, 5.41) is 32.0. The maximum atomic E-state index is 12.4. The lowest BCUT2D eigenvalue weighted by molar-refractivity contribution is -0.386. The molecule has 1 fully saturated rings. The molecule has 1 aliphatic rings. The summed E-state index contributed by atoms with van der Waals surface area (Å²) >= 11 is 2.87. The van der Waals surface area contributed by atoms with Gasteiger partial charge < -0.3 is 19.3 Å². The zero-order chi connectivity index (χ0) is 44.5. The minimum Gasteiger partial charge on any atom is -0.399 e. The third-order valence-corrected chi connectivity index (χ3v) is 11.0. The fraction of sp³-hybridized carbons (Fsp3) is 0.190. The van der Waals surface area contributed by atoms with E-state index in [1.807, 2.05) is 73.3 Å². The number of rotatable bonds is 6. The highest BCUT2D eigenvalue weighted by molar-refractivity contribution is 9.10. The Morgan fingerprint density at radius 1 is 0.677 bits per heavy atom. The van der Waals surface area contributed by atoms with Crippen molar-refractivity contribution in [2.24, 2.45) is 0 Å². The molecule has 8 aromatic rings. The van der Waals surface area contributed by atoms with Crippen LogP contribution < -0.4 is 16.3 Å². The monoisotopic (exact) mass is 900 g/mol. The zero-order valence-corrected chi connectivity index (χ0v) is 35.8. The quantitative estimate of drug-likeness (QED) is 0.0970. The van der Waals surface area contributed by atoms with Crippen molar-refractivity contribution < 1.29 is 19.2 Å². The molecule has 0 spiro atoms. The maximum absolute atomic E-state index is 12.4. The molecule has 0 amide bonds.